The van der Waals surface area contributed by atoms with Gasteiger partial charge in [0.25, 0.3) is 0 Å². The van der Waals surface area contributed by atoms with E-state index in [1.807, 2.05) is 55.8 Å². The van der Waals surface area contributed by atoms with Crippen molar-refractivity contribution in [2.75, 3.05) is 6.54 Å². The molecule has 0 atom stereocenters. The fraction of sp³-hybridized carbons (Fsp3) is 0.355. The molecule has 1 amide bonds. The quantitative estimate of drug-likeness (QED) is 0.210. The highest BCUT2D eigenvalue weighted by atomic mass is 35.5. The first-order chi connectivity index (χ1) is 19.1. The molecule has 0 fully saturated rings. The van der Waals surface area contributed by atoms with Crippen LogP contribution in [0.5, 0.6) is 5.75 Å². The Kier molecular flexibility index (Phi) is 9.42. The van der Waals surface area contributed by atoms with Gasteiger partial charge in [0.2, 0.25) is 0 Å². The minimum absolute atomic E-state index is 0.227. The molecular formula is C31H36ClN5O3. The highest BCUT2D eigenvalue weighted by Crippen LogP contribution is 2.35. The van der Waals surface area contributed by atoms with Crippen LogP contribution in [0, 0.1) is 0 Å². The Labute approximate surface area is 240 Å². The zero-order valence-electron chi connectivity index (χ0n) is 23.6. The first kappa shape index (κ1) is 29.1. The molecule has 0 aliphatic carbocycles. The number of amides is 1. The number of ether oxygens (including phenoxy) is 2. The lowest BCUT2D eigenvalue weighted by atomic mass is 10.0. The summed E-state index contributed by atoms with van der Waals surface area (Å²) in [5.41, 5.74) is 5.86. The van der Waals surface area contributed by atoms with E-state index in [9.17, 15) is 4.79 Å². The highest BCUT2D eigenvalue weighted by Gasteiger charge is 2.22. The molecule has 2 aromatic heterocycles. The molecule has 8 nitrogen and oxygen atoms in total. The minimum atomic E-state index is -0.571. The van der Waals surface area contributed by atoms with Gasteiger partial charge in [-0.2, -0.15) is 5.10 Å². The fourth-order valence-corrected chi connectivity index (χ4v) is 4.46. The lowest BCUT2D eigenvalue weighted by Crippen LogP contribution is -2.34. The van der Waals surface area contributed by atoms with Crippen LogP contribution >= 0.6 is 11.6 Å². The van der Waals surface area contributed by atoms with Crippen molar-refractivity contribution in [2.45, 2.75) is 65.2 Å². The normalized spacial score (nSPS) is 11.5. The number of alkyl carbamates (subject to hydrolysis) is 1. The second-order valence-corrected chi connectivity index (χ2v) is 11.0. The van der Waals surface area contributed by atoms with Gasteiger partial charge in [0.1, 0.15) is 30.0 Å². The number of hydrogen-bond acceptors (Lipinski definition) is 6. The summed E-state index contributed by atoms with van der Waals surface area (Å²) in [6, 6.07) is 18.2. The third-order valence-corrected chi connectivity index (χ3v) is 6.45. The molecule has 0 aliphatic rings. The molecule has 0 saturated carbocycles. The van der Waals surface area contributed by atoms with Gasteiger partial charge in [0.15, 0.2) is 0 Å². The summed E-state index contributed by atoms with van der Waals surface area (Å²) in [4.78, 5) is 20.6. The number of nitrogens with zero attached hydrogens (tertiary/aromatic N) is 4. The molecule has 0 aliphatic heterocycles. The van der Waals surface area contributed by atoms with Gasteiger partial charge in [-0.25, -0.2) is 14.8 Å². The third kappa shape index (κ3) is 7.60. The van der Waals surface area contributed by atoms with Crippen LogP contribution in [0.1, 0.15) is 57.4 Å². The van der Waals surface area contributed by atoms with Crippen molar-refractivity contribution < 1.29 is 14.3 Å². The third-order valence-electron chi connectivity index (χ3n) is 6.20. The predicted octanol–water partition coefficient (Wildman–Crippen LogP) is 6.97. The van der Waals surface area contributed by atoms with E-state index in [4.69, 9.17) is 26.2 Å². The Bertz CT molecular complexity index is 1400. The highest BCUT2D eigenvalue weighted by molar-refractivity contribution is 6.17. The molecule has 9 heteroatoms. The van der Waals surface area contributed by atoms with Gasteiger partial charge in [-0.1, -0.05) is 50.2 Å². The summed E-state index contributed by atoms with van der Waals surface area (Å²) in [6.45, 7) is 11.1. The second kappa shape index (κ2) is 13.0. The van der Waals surface area contributed by atoms with Gasteiger partial charge in [-0.3, -0.25) is 4.68 Å². The van der Waals surface area contributed by atoms with E-state index in [0.29, 0.717) is 37.0 Å². The summed E-state index contributed by atoms with van der Waals surface area (Å²) in [5, 5.41) is 7.62. The molecule has 210 valence electrons. The maximum absolute atomic E-state index is 12.1. The van der Waals surface area contributed by atoms with E-state index in [2.05, 4.69) is 53.4 Å². The number of halogens is 1. The van der Waals surface area contributed by atoms with Crippen LogP contribution in [0.4, 0.5) is 4.79 Å². The average molecular weight is 562 g/mol. The Morgan fingerprint density at radius 3 is 2.38 bits per heavy atom. The predicted molar refractivity (Wildman–Crippen MR) is 157 cm³/mol. The first-order valence-electron chi connectivity index (χ1n) is 13.4. The van der Waals surface area contributed by atoms with Crippen LogP contribution < -0.4 is 10.1 Å². The van der Waals surface area contributed by atoms with Crippen LogP contribution in [-0.2, 0) is 23.8 Å². The van der Waals surface area contributed by atoms with Crippen LogP contribution in [0.15, 0.2) is 67.1 Å². The maximum Gasteiger partial charge on any atom is 0.407 e. The molecule has 4 rings (SSSR count). The van der Waals surface area contributed by atoms with Gasteiger partial charge < -0.3 is 14.8 Å². The van der Waals surface area contributed by atoms with Crippen LogP contribution in [-0.4, -0.2) is 38.0 Å². The van der Waals surface area contributed by atoms with Crippen LogP contribution in [0.2, 0.25) is 0 Å². The van der Waals surface area contributed by atoms with Gasteiger partial charge in [-0.15, -0.1) is 11.6 Å². The molecule has 0 saturated heterocycles. The largest absolute Gasteiger partial charge is 0.489 e. The van der Waals surface area contributed by atoms with E-state index in [-0.39, 0.29) is 5.88 Å². The molecule has 2 heterocycles. The molecule has 0 bridgehead atoms. The van der Waals surface area contributed by atoms with Crippen LogP contribution in [0.3, 0.4) is 0 Å². The second-order valence-electron chi connectivity index (χ2n) is 10.8. The number of rotatable bonds is 10. The minimum Gasteiger partial charge on any atom is -0.489 e. The Balaban J connectivity index is 1.54. The average Bonchev–Trinajstić information content (AvgIpc) is 3.30. The van der Waals surface area contributed by atoms with E-state index < -0.39 is 11.7 Å². The van der Waals surface area contributed by atoms with Gasteiger partial charge in [-0.05, 0) is 61.6 Å². The molecule has 1 N–H and O–H groups in total. The fourth-order valence-electron chi connectivity index (χ4n) is 4.19. The topological polar surface area (TPSA) is 91.2 Å². The van der Waals surface area contributed by atoms with E-state index in [1.54, 1.807) is 6.20 Å². The Hall–Kier alpha value is -3.91. The number of benzene rings is 2. The van der Waals surface area contributed by atoms with E-state index >= 15 is 0 Å². The number of aromatic nitrogens is 4. The molecule has 0 unspecified atom stereocenters. The Morgan fingerprint density at radius 2 is 1.77 bits per heavy atom. The Morgan fingerprint density at radius 1 is 1.05 bits per heavy atom. The SMILES string of the molecule is CC(C)c1ccc(COc2ccc(-c3c(-c4ccncn4)nn(CCNC(=O)OC(C)(C)C)c3CCl)cc2)cc1. The smallest absolute Gasteiger partial charge is 0.407 e. The zero-order valence-corrected chi connectivity index (χ0v) is 24.4. The number of hydrogen-bond donors (Lipinski definition) is 1. The molecule has 4 aromatic rings. The standard InChI is InChI=1S/C31H36ClN5O3/c1-21(2)23-8-6-22(7-9-23)19-39-25-12-10-24(11-13-25)28-27(18-32)37(17-16-34-30(38)40-31(3,4)5)36-29(28)26-14-15-33-20-35-26/h6-15,20-21H,16-19H2,1-5H3,(H,34,38). The summed E-state index contributed by atoms with van der Waals surface area (Å²) in [6.07, 6.45) is 2.70. The molecule has 0 radical (unpaired) electrons. The number of carbonyl (C=O) groups excluding carboxylic acids is 1. The van der Waals surface area contributed by atoms with E-state index in [1.165, 1.54) is 11.9 Å². The van der Waals surface area contributed by atoms with Gasteiger partial charge >= 0.3 is 6.09 Å². The summed E-state index contributed by atoms with van der Waals surface area (Å²) < 4.78 is 13.2. The lowest BCUT2D eigenvalue weighted by Gasteiger charge is -2.19. The van der Waals surface area contributed by atoms with Gasteiger partial charge in [0, 0.05) is 18.3 Å². The number of alkyl halides is 1. The monoisotopic (exact) mass is 561 g/mol. The van der Waals surface area contributed by atoms with Crippen molar-refractivity contribution in [2.24, 2.45) is 0 Å². The number of carbonyl (C=O) groups is 1. The zero-order chi connectivity index (χ0) is 28.7. The summed E-state index contributed by atoms with van der Waals surface area (Å²) in [5.74, 6) is 1.49. The lowest BCUT2D eigenvalue weighted by molar-refractivity contribution is 0.0525. The number of nitrogens with one attached hydrogen (secondary N) is 1. The molecular weight excluding hydrogens is 526 g/mol. The summed E-state index contributed by atoms with van der Waals surface area (Å²) >= 11 is 6.47. The molecule has 2 aromatic carbocycles. The first-order valence-corrected chi connectivity index (χ1v) is 13.9. The summed E-state index contributed by atoms with van der Waals surface area (Å²) in [7, 11) is 0. The maximum atomic E-state index is 12.1. The van der Waals surface area contributed by atoms with Crippen molar-refractivity contribution in [3.8, 4) is 28.3 Å². The van der Waals surface area contributed by atoms with Crippen molar-refractivity contribution in [3.05, 3.63) is 83.9 Å². The van der Waals surface area contributed by atoms with Crippen molar-refractivity contribution in [3.63, 3.8) is 0 Å². The van der Waals surface area contributed by atoms with Crippen molar-refractivity contribution in [1.82, 2.24) is 25.1 Å². The molecule has 0 spiro atoms. The van der Waals surface area contributed by atoms with Crippen molar-refractivity contribution in [1.29, 1.82) is 0 Å². The van der Waals surface area contributed by atoms with Crippen molar-refractivity contribution >= 4 is 17.7 Å². The molecule has 40 heavy (non-hydrogen) atoms. The van der Waals surface area contributed by atoms with Gasteiger partial charge in [0.05, 0.1) is 23.8 Å². The van der Waals surface area contributed by atoms with Crippen LogP contribution in [0.25, 0.3) is 22.5 Å². The van der Waals surface area contributed by atoms with E-state index in [0.717, 1.165) is 28.1 Å².